The molecule has 1 aromatic rings. The molecule has 0 fully saturated rings. The van der Waals surface area contributed by atoms with E-state index < -0.39 is 0 Å². The fourth-order valence-corrected chi connectivity index (χ4v) is 2.37. The van der Waals surface area contributed by atoms with E-state index in [1.807, 2.05) is 26.0 Å². The highest BCUT2D eigenvalue weighted by atomic mass is 32.2. The quantitative estimate of drug-likeness (QED) is 0.817. The van der Waals surface area contributed by atoms with E-state index in [0.29, 0.717) is 0 Å². The lowest BCUT2D eigenvalue weighted by Gasteiger charge is -2.17. The molecule has 0 aliphatic rings. The second-order valence-corrected chi connectivity index (χ2v) is 5.65. The van der Waals surface area contributed by atoms with Gasteiger partial charge in [-0.15, -0.1) is 0 Å². The van der Waals surface area contributed by atoms with Gasteiger partial charge in [0.05, 0.1) is 13.7 Å². The number of thioether (sulfide) groups is 1. The summed E-state index contributed by atoms with van der Waals surface area (Å²) in [6.45, 7) is 4.21. The van der Waals surface area contributed by atoms with Gasteiger partial charge in [0.25, 0.3) is 0 Å². The van der Waals surface area contributed by atoms with Gasteiger partial charge in [-0.2, -0.15) is 11.8 Å². The van der Waals surface area contributed by atoms with E-state index in [-0.39, 0.29) is 17.9 Å². The van der Waals surface area contributed by atoms with Crippen molar-refractivity contribution in [2.75, 3.05) is 19.5 Å². The molecule has 0 saturated heterocycles. The van der Waals surface area contributed by atoms with E-state index in [2.05, 4.69) is 6.07 Å². The van der Waals surface area contributed by atoms with Gasteiger partial charge in [0.1, 0.15) is 5.75 Å². The number of methoxy groups -OCH3 is 1. The number of nitrogens with two attached hydrogens (primary N) is 1. The monoisotopic (exact) mass is 255 g/mol. The first-order chi connectivity index (χ1) is 8.08. The van der Waals surface area contributed by atoms with Crippen molar-refractivity contribution in [3.8, 4) is 5.75 Å². The number of ether oxygens (including phenoxy) is 1. The molecule has 0 heterocycles. The Morgan fingerprint density at radius 1 is 1.47 bits per heavy atom. The Balaban J connectivity index is 2.73. The van der Waals surface area contributed by atoms with Gasteiger partial charge in [0.15, 0.2) is 0 Å². The molecule has 0 saturated carbocycles. The summed E-state index contributed by atoms with van der Waals surface area (Å²) in [6, 6.07) is 5.96. The Kier molecular flexibility index (Phi) is 5.82. The van der Waals surface area contributed by atoms with E-state index >= 15 is 0 Å². The molecule has 0 bridgehead atoms. The van der Waals surface area contributed by atoms with Gasteiger partial charge in [0.2, 0.25) is 0 Å². The number of hydrogen-bond acceptors (Lipinski definition) is 4. The molecule has 3 nitrogen and oxygen atoms in total. The van der Waals surface area contributed by atoms with Crippen LogP contribution in [-0.4, -0.2) is 29.8 Å². The van der Waals surface area contributed by atoms with Crippen molar-refractivity contribution < 1.29 is 9.84 Å². The zero-order chi connectivity index (χ0) is 12.8. The Labute approximate surface area is 107 Å². The second kappa shape index (κ2) is 6.89. The van der Waals surface area contributed by atoms with Crippen LogP contribution in [0.1, 0.15) is 24.1 Å². The minimum Gasteiger partial charge on any atom is -0.496 e. The molecule has 0 aromatic heterocycles. The first-order valence-corrected chi connectivity index (χ1v) is 6.76. The smallest absolute Gasteiger partial charge is 0.123 e. The van der Waals surface area contributed by atoms with Crippen LogP contribution in [0.5, 0.6) is 5.75 Å². The third-order valence-corrected chi connectivity index (χ3v) is 3.87. The van der Waals surface area contributed by atoms with Crippen molar-refractivity contribution in [2.24, 2.45) is 5.73 Å². The van der Waals surface area contributed by atoms with Crippen LogP contribution in [0.4, 0.5) is 0 Å². The number of aliphatic hydroxyl groups is 1. The molecule has 2 atom stereocenters. The van der Waals surface area contributed by atoms with Gasteiger partial charge in [-0.1, -0.05) is 24.6 Å². The van der Waals surface area contributed by atoms with E-state index in [0.717, 1.165) is 17.1 Å². The fraction of sp³-hybridized carbons (Fsp3) is 0.538. The maximum atomic E-state index is 8.98. The SMILES string of the molecule is COc1ccc(C)cc1C(N)CSC(C)CO. The van der Waals surface area contributed by atoms with Gasteiger partial charge in [-0.25, -0.2) is 0 Å². The topological polar surface area (TPSA) is 55.5 Å². The summed E-state index contributed by atoms with van der Waals surface area (Å²) < 4.78 is 5.32. The van der Waals surface area contributed by atoms with E-state index in [1.165, 1.54) is 5.56 Å². The zero-order valence-corrected chi connectivity index (χ0v) is 11.5. The van der Waals surface area contributed by atoms with Crippen LogP contribution in [0.15, 0.2) is 18.2 Å². The largest absolute Gasteiger partial charge is 0.496 e. The lowest BCUT2D eigenvalue weighted by molar-refractivity contribution is 0.300. The molecular formula is C13H21NO2S. The average molecular weight is 255 g/mol. The fourth-order valence-electron chi connectivity index (χ4n) is 1.55. The molecule has 1 aromatic carbocycles. The van der Waals surface area contributed by atoms with Crippen molar-refractivity contribution in [3.63, 3.8) is 0 Å². The summed E-state index contributed by atoms with van der Waals surface area (Å²) in [5.74, 6) is 1.61. The normalized spacial score (nSPS) is 14.4. The minimum atomic E-state index is -0.0659. The molecule has 3 N–H and O–H groups in total. The molecule has 17 heavy (non-hydrogen) atoms. The third kappa shape index (κ3) is 4.22. The predicted molar refractivity (Wildman–Crippen MR) is 73.7 cm³/mol. The molecule has 0 aliphatic carbocycles. The standard InChI is InChI=1S/C13H21NO2S/c1-9-4-5-13(16-3)11(6-9)12(14)8-17-10(2)7-15/h4-6,10,12,15H,7-8,14H2,1-3H3. The van der Waals surface area contributed by atoms with Crippen LogP contribution in [0.2, 0.25) is 0 Å². The lowest BCUT2D eigenvalue weighted by Crippen LogP contribution is -2.17. The molecule has 0 aliphatic heterocycles. The molecule has 2 unspecified atom stereocenters. The van der Waals surface area contributed by atoms with Crippen LogP contribution >= 0.6 is 11.8 Å². The summed E-state index contributed by atoms with van der Waals surface area (Å²) in [5, 5.41) is 9.20. The molecule has 0 spiro atoms. The molecule has 96 valence electrons. The van der Waals surface area contributed by atoms with Crippen LogP contribution in [-0.2, 0) is 0 Å². The van der Waals surface area contributed by atoms with Crippen molar-refractivity contribution in [1.29, 1.82) is 0 Å². The van der Waals surface area contributed by atoms with Crippen LogP contribution in [0.25, 0.3) is 0 Å². The molecule has 0 amide bonds. The Hall–Kier alpha value is -0.710. The van der Waals surface area contributed by atoms with Gasteiger partial charge in [-0.05, 0) is 13.0 Å². The third-order valence-electron chi connectivity index (χ3n) is 2.60. The van der Waals surface area contributed by atoms with Crippen molar-refractivity contribution in [2.45, 2.75) is 25.1 Å². The highest BCUT2D eigenvalue weighted by molar-refractivity contribution is 7.99. The molecule has 4 heteroatoms. The summed E-state index contributed by atoms with van der Waals surface area (Å²) in [5.41, 5.74) is 8.37. The molecular weight excluding hydrogens is 234 g/mol. The highest BCUT2D eigenvalue weighted by Gasteiger charge is 2.13. The second-order valence-electron chi connectivity index (χ2n) is 4.18. The summed E-state index contributed by atoms with van der Waals surface area (Å²) >= 11 is 1.67. The number of rotatable bonds is 6. The van der Waals surface area contributed by atoms with Gasteiger partial charge < -0.3 is 15.6 Å². The van der Waals surface area contributed by atoms with Gasteiger partial charge >= 0.3 is 0 Å². The molecule has 1 rings (SSSR count). The summed E-state index contributed by atoms with van der Waals surface area (Å²) in [4.78, 5) is 0. The number of benzene rings is 1. The van der Waals surface area contributed by atoms with Crippen LogP contribution < -0.4 is 10.5 Å². The van der Waals surface area contributed by atoms with Crippen LogP contribution in [0, 0.1) is 6.92 Å². The number of aliphatic hydroxyl groups excluding tert-OH is 1. The number of hydrogen-bond donors (Lipinski definition) is 2. The van der Waals surface area contributed by atoms with E-state index in [4.69, 9.17) is 15.6 Å². The average Bonchev–Trinajstić information content (AvgIpc) is 2.35. The van der Waals surface area contributed by atoms with Gasteiger partial charge in [0, 0.05) is 22.6 Å². The predicted octanol–water partition coefficient (Wildman–Crippen LogP) is 2.12. The Bertz CT molecular complexity index is 357. The number of aryl methyl sites for hydroxylation is 1. The lowest BCUT2D eigenvalue weighted by atomic mass is 10.1. The Morgan fingerprint density at radius 2 is 2.18 bits per heavy atom. The van der Waals surface area contributed by atoms with Crippen molar-refractivity contribution in [3.05, 3.63) is 29.3 Å². The van der Waals surface area contributed by atoms with Crippen LogP contribution in [0.3, 0.4) is 0 Å². The van der Waals surface area contributed by atoms with E-state index in [9.17, 15) is 0 Å². The van der Waals surface area contributed by atoms with E-state index in [1.54, 1.807) is 18.9 Å². The Morgan fingerprint density at radius 3 is 2.76 bits per heavy atom. The maximum Gasteiger partial charge on any atom is 0.123 e. The summed E-state index contributed by atoms with van der Waals surface area (Å²) in [7, 11) is 1.66. The maximum absolute atomic E-state index is 8.98. The first-order valence-electron chi connectivity index (χ1n) is 5.71. The van der Waals surface area contributed by atoms with Crippen molar-refractivity contribution in [1.82, 2.24) is 0 Å². The molecule has 0 radical (unpaired) electrons. The minimum absolute atomic E-state index is 0.0659. The van der Waals surface area contributed by atoms with Crippen molar-refractivity contribution >= 4 is 11.8 Å². The summed E-state index contributed by atoms with van der Waals surface area (Å²) in [6.07, 6.45) is 0. The highest BCUT2D eigenvalue weighted by Crippen LogP contribution is 2.28. The zero-order valence-electron chi connectivity index (χ0n) is 10.6. The first kappa shape index (κ1) is 14.4. The van der Waals surface area contributed by atoms with Gasteiger partial charge in [-0.3, -0.25) is 0 Å².